The summed E-state index contributed by atoms with van der Waals surface area (Å²) >= 11 is 10.5. The lowest BCUT2D eigenvalue weighted by Gasteiger charge is -2.12. The van der Waals surface area contributed by atoms with Gasteiger partial charge in [-0.2, -0.15) is 5.43 Å². The van der Waals surface area contributed by atoms with E-state index in [-0.39, 0.29) is 12.0 Å². The number of halogens is 2. The average Bonchev–Trinajstić information content (AvgIpc) is 1.91. The molecule has 0 aromatic rings. The summed E-state index contributed by atoms with van der Waals surface area (Å²) in [6.07, 6.45) is 0. The maximum absolute atomic E-state index is 10.6. The minimum atomic E-state index is -0.708. The molecule has 0 fully saturated rings. The molecule has 58 valence electrons. The minimum Gasteiger partial charge on any atom is -0.296 e. The van der Waals surface area contributed by atoms with Crippen LogP contribution < -0.4 is 5.43 Å². The van der Waals surface area contributed by atoms with E-state index in [2.05, 4.69) is 5.29 Å². The normalized spacial score (nSPS) is 8.60. The second-order valence-electron chi connectivity index (χ2n) is 1.29. The number of urea groups is 1. The Bertz CT molecular complexity index is 127. The number of nitroso groups, excluding NO2 is 1. The molecule has 1 N–H and O–H groups in total. The summed E-state index contributed by atoms with van der Waals surface area (Å²) in [6.45, 7) is 0. The van der Waals surface area contributed by atoms with Gasteiger partial charge in [0.05, 0.1) is 17.3 Å². The highest BCUT2D eigenvalue weighted by Crippen LogP contribution is 1.93. The summed E-state index contributed by atoms with van der Waals surface area (Å²) in [5, 5.41) is 2.14. The van der Waals surface area contributed by atoms with Gasteiger partial charge in [-0.15, -0.1) is 28.1 Å². The maximum atomic E-state index is 10.6. The molecule has 0 aliphatic rings. The number of nitrogens with one attached hydrogen (secondary N) is 1. The molecule has 0 spiro atoms. The Kier molecular flexibility index (Phi) is 4.96. The highest BCUT2D eigenvalue weighted by atomic mass is 35.5. The minimum absolute atomic E-state index is 0.0785. The van der Waals surface area contributed by atoms with Crippen molar-refractivity contribution in [3.05, 3.63) is 4.91 Å². The summed E-state index contributed by atoms with van der Waals surface area (Å²) in [5.41, 5.74) is 1.64. The molecule has 0 heterocycles. The van der Waals surface area contributed by atoms with Crippen LogP contribution in [0, 0.1) is 4.91 Å². The zero-order valence-corrected chi connectivity index (χ0v) is 6.39. The molecule has 10 heavy (non-hydrogen) atoms. The SMILES string of the molecule is O=NNC(=O)N(CCl)CCl. The third-order valence-electron chi connectivity index (χ3n) is 0.717. The number of carbonyl (C=O) groups excluding carboxylic acids is 1. The Labute approximate surface area is 67.2 Å². The van der Waals surface area contributed by atoms with E-state index in [0.717, 1.165) is 4.90 Å². The van der Waals surface area contributed by atoms with E-state index >= 15 is 0 Å². The molecule has 0 aromatic heterocycles. The van der Waals surface area contributed by atoms with Gasteiger partial charge < -0.3 is 0 Å². The number of rotatable bonds is 3. The van der Waals surface area contributed by atoms with Gasteiger partial charge in [-0.1, -0.05) is 0 Å². The van der Waals surface area contributed by atoms with E-state index in [1.54, 1.807) is 5.43 Å². The first-order valence-corrected chi connectivity index (χ1v) is 3.32. The lowest BCUT2D eigenvalue weighted by molar-refractivity contribution is 0.213. The number of nitrogens with zero attached hydrogens (tertiary/aromatic N) is 2. The van der Waals surface area contributed by atoms with Crippen molar-refractivity contribution in [3.8, 4) is 0 Å². The summed E-state index contributed by atoms with van der Waals surface area (Å²) in [4.78, 5) is 21.0. The maximum Gasteiger partial charge on any atom is 0.342 e. The number of hydrogen-bond donors (Lipinski definition) is 1. The summed E-state index contributed by atoms with van der Waals surface area (Å²) in [5.74, 6) is 0. The van der Waals surface area contributed by atoms with Gasteiger partial charge in [0.1, 0.15) is 0 Å². The molecule has 0 aliphatic carbocycles. The van der Waals surface area contributed by atoms with Gasteiger partial charge >= 0.3 is 6.03 Å². The predicted octanol–water partition coefficient (Wildman–Crippen LogP) is 1.07. The number of hydrogen-bond acceptors (Lipinski definition) is 3. The van der Waals surface area contributed by atoms with Crippen molar-refractivity contribution in [2.24, 2.45) is 5.29 Å². The Morgan fingerprint density at radius 1 is 1.50 bits per heavy atom. The van der Waals surface area contributed by atoms with Crippen LogP contribution in [0.25, 0.3) is 0 Å². The van der Waals surface area contributed by atoms with Crippen LogP contribution in [-0.2, 0) is 0 Å². The zero-order chi connectivity index (χ0) is 7.98. The summed E-state index contributed by atoms with van der Waals surface area (Å²) in [7, 11) is 0. The van der Waals surface area contributed by atoms with Gasteiger partial charge in [-0.25, -0.2) is 4.79 Å². The first-order chi connectivity index (χ1) is 4.76. The lowest BCUT2D eigenvalue weighted by atomic mass is 10.8. The quantitative estimate of drug-likeness (QED) is 0.310. The molecule has 5 nitrogen and oxygen atoms in total. The highest BCUT2D eigenvalue weighted by molar-refractivity contribution is 6.21. The summed E-state index contributed by atoms with van der Waals surface area (Å²) < 4.78 is 0. The van der Waals surface area contributed by atoms with Crippen molar-refractivity contribution in [2.45, 2.75) is 0 Å². The van der Waals surface area contributed by atoms with Crippen molar-refractivity contribution < 1.29 is 4.79 Å². The van der Waals surface area contributed by atoms with E-state index < -0.39 is 6.03 Å². The molecule has 0 rings (SSSR count). The van der Waals surface area contributed by atoms with Crippen LogP contribution in [0.3, 0.4) is 0 Å². The van der Waals surface area contributed by atoms with Gasteiger partial charge in [-0.05, 0) is 0 Å². The van der Waals surface area contributed by atoms with Gasteiger partial charge in [0.15, 0.2) is 0 Å². The Balaban J connectivity index is 3.76. The van der Waals surface area contributed by atoms with Crippen LogP contribution in [0.5, 0.6) is 0 Å². The fourth-order valence-electron chi connectivity index (χ4n) is 0.250. The van der Waals surface area contributed by atoms with E-state index in [9.17, 15) is 9.70 Å². The third kappa shape index (κ3) is 2.84. The van der Waals surface area contributed by atoms with Gasteiger partial charge in [0, 0.05) is 0 Å². The van der Waals surface area contributed by atoms with Crippen LogP contribution in [0.1, 0.15) is 0 Å². The summed E-state index contributed by atoms with van der Waals surface area (Å²) in [6, 6.07) is -0.865. The van der Waals surface area contributed by atoms with E-state index in [1.165, 1.54) is 0 Å². The molecule has 0 unspecified atom stereocenters. The number of alkyl halides is 2. The molecule has 0 aliphatic heterocycles. The fourth-order valence-corrected chi connectivity index (χ4v) is 0.723. The van der Waals surface area contributed by atoms with Crippen LogP contribution in [-0.4, -0.2) is 22.9 Å². The molecule has 2 amide bonds. The molecular formula is C3H5Cl2N3O2. The topological polar surface area (TPSA) is 61.8 Å². The fraction of sp³-hybridized carbons (Fsp3) is 0.667. The van der Waals surface area contributed by atoms with Crippen molar-refractivity contribution in [3.63, 3.8) is 0 Å². The van der Waals surface area contributed by atoms with Crippen molar-refractivity contribution in [1.82, 2.24) is 10.3 Å². The average molecular weight is 186 g/mol. The Morgan fingerprint density at radius 3 is 2.30 bits per heavy atom. The predicted molar refractivity (Wildman–Crippen MR) is 37.6 cm³/mol. The van der Waals surface area contributed by atoms with Gasteiger partial charge in [-0.3, -0.25) is 4.90 Å². The molecule has 0 aromatic carbocycles. The molecular weight excluding hydrogens is 181 g/mol. The molecule has 0 saturated carbocycles. The standard InChI is InChI=1S/C3H5Cl2N3O2/c4-1-8(2-5)3(9)6-7-10/h1-2H2,(H,6,9,10). The van der Waals surface area contributed by atoms with Gasteiger partial charge in [0.2, 0.25) is 0 Å². The Hall–Kier alpha value is -0.550. The third-order valence-corrected chi connectivity index (χ3v) is 1.29. The largest absolute Gasteiger partial charge is 0.342 e. The van der Waals surface area contributed by atoms with Crippen molar-refractivity contribution in [2.75, 3.05) is 12.0 Å². The second kappa shape index (κ2) is 5.25. The van der Waals surface area contributed by atoms with Crippen molar-refractivity contribution >= 4 is 29.2 Å². The lowest BCUT2D eigenvalue weighted by Crippen LogP contribution is -2.35. The van der Waals surface area contributed by atoms with Crippen LogP contribution >= 0.6 is 23.2 Å². The van der Waals surface area contributed by atoms with E-state index in [1.807, 2.05) is 0 Å². The van der Waals surface area contributed by atoms with E-state index in [0.29, 0.717) is 0 Å². The number of amides is 2. The number of carbonyl (C=O) groups is 1. The molecule has 0 saturated heterocycles. The Morgan fingerprint density at radius 2 is 2.00 bits per heavy atom. The molecule has 0 radical (unpaired) electrons. The molecule has 0 bridgehead atoms. The van der Waals surface area contributed by atoms with Crippen LogP contribution in [0.4, 0.5) is 4.79 Å². The monoisotopic (exact) mass is 185 g/mol. The molecule has 0 atom stereocenters. The first-order valence-electron chi connectivity index (χ1n) is 2.25. The van der Waals surface area contributed by atoms with Crippen molar-refractivity contribution in [1.29, 1.82) is 0 Å². The molecule has 7 heteroatoms. The van der Waals surface area contributed by atoms with Gasteiger partial charge in [0.25, 0.3) is 0 Å². The first kappa shape index (κ1) is 9.45. The zero-order valence-electron chi connectivity index (χ0n) is 4.88. The van der Waals surface area contributed by atoms with Crippen LogP contribution in [0.2, 0.25) is 0 Å². The highest BCUT2D eigenvalue weighted by Gasteiger charge is 2.08. The van der Waals surface area contributed by atoms with E-state index in [4.69, 9.17) is 23.2 Å². The van der Waals surface area contributed by atoms with Crippen LogP contribution in [0.15, 0.2) is 5.29 Å². The second-order valence-corrected chi connectivity index (χ2v) is 1.77. The smallest absolute Gasteiger partial charge is 0.296 e.